The number of hydrogen-bond donors (Lipinski definition) is 1. The summed E-state index contributed by atoms with van der Waals surface area (Å²) in [5.74, 6) is 0.930. The van der Waals surface area contributed by atoms with Crippen LogP contribution in [0.3, 0.4) is 0 Å². The molecule has 1 aliphatic rings. The van der Waals surface area contributed by atoms with E-state index in [9.17, 15) is 0 Å². The summed E-state index contributed by atoms with van der Waals surface area (Å²) in [4.78, 5) is 0. The molecule has 1 aromatic rings. The van der Waals surface area contributed by atoms with E-state index in [0.717, 1.165) is 18.9 Å². The van der Waals surface area contributed by atoms with Crippen LogP contribution in [0.15, 0.2) is 24.3 Å². The van der Waals surface area contributed by atoms with E-state index in [2.05, 4.69) is 43.4 Å². The van der Waals surface area contributed by atoms with Gasteiger partial charge in [0.2, 0.25) is 0 Å². The molecule has 0 amide bonds. The minimum Gasteiger partial charge on any atom is -0.377 e. The Hall–Kier alpha value is -0.860. The van der Waals surface area contributed by atoms with E-state index in [0.29, 0.717) is 0 Å². The lowest BCUT2D eigenvalue weighted by molar-refractivity contribution is 0.0268. The predicted octanol–water partition coefficient (Wildman–Crippen LogP) is 4.10. The van der Waals surface area contributed by atoms with Crippen molar-refractivity contribution in [3.8, 4) is 0 Å². The van der Waals surface area contributed by atoms with Gasteiger partial charge in [0, 0.05) is 6.61 Å². The molecule has 0 saturated heterocycles. The first kappa shape index (κ1) is 15.5. The molecule has 0 bridgehead atoms. The number of rotatable bonds is 8. The van der Waals surface area contributed by atoms with Crippen molar-refractivity contribution < 1.29 is 4.74 Å². The highest BCUT2D eigenvalue weighted by atomic mass is 16.5. The van der Waals surface area contributed by atoms with E-state index in [4.69, 9.17) is 4.74 Å². The first-order valence-corrected chi connectivity index (χ1v) is 8.12. The van der Waals surface area contributed by atoms with Crippen molar-refractivity contribution in [3.63, 3.8) is 0 Å². The van der Waals surface area contributed by atoms with Crippen LogP contribution in [0.1, 0.15) is 56.7 Å². The van der Waals surface area contributed by atoms with E-state index in [1.165, 1.54) is 36.8 Å². The summed E-state index contributed by atoms with van der Waals surface area (Å²) in [5.41, 5.74) is 2.71. The van der Waals surface area contributed by atoms with Gasteiger partial charge in [-0.15, -0.1) is 0 Å². The summed E-state index contributed by atoms with van der Waals surface area (Å²) in [6, 6.07) is 9.18. The van der Waals surface area contributed by atoms with Crippen LogP contribution in [-0.2, 0) is 11.2 Å². The Balaban J connectivity index is 1.84. The van der Waals surface area contributed by atoms with Crippen molar-refractivity contribution in [2.24, 2.45) is 5.92 Å². The third-order valence-electron chi connectivity index (χ3n) is 4.66. The maximum absolute atomic E-state index is 6.05. The summed E-state index contributed by atoms with van der Waals surface area (Å²) in [6.45, 7) is 5.27. The average Bonchev–Trinajstić information content (AvgIpc) is 2.43. The van der Waals surface area contributed by atoms with Crippen LogP contribution in [0.5, 0.6) is 0 Å². The Labute approximate surface area is 123 Å². The molecule has 112 valence electrons. The summed E-state index contributed by atoms with van der Waals surface area (Å²) in [6.07, 6.45) is 6.78. The summed E-state index contributed by atoms with van der Waals surface area (Å²) >= 11 is 0. The third kappa shape index (κ3) is 4.07. The second kappa shape index (κ2) is 7.80. The molecule has 2 nitrogen and oxygen atoms in total. The van der Waals surface area contributed by atoms with Crippen LogP contribution in [0.25, 0.3) is 0 Å². The van der Waals surface area contributed by atoms with Gasteiger partial charge in [-0.3, -0.25) is 0 Å². The van der Waals surface area contributed by atoms with Crippen molar-refractivity contribution in [1.82, 2.24) is 5.32 Å². The number of ether oxygens (including phenoxy) is 1. The molecule has 1 aromatic carbocycles. The number of aryl methyl sites for hydroxylation is 1. The smallest absolute Gasteiger partial charge is 0.0741 e. The first-order valence-electron chi connectivity index (χ1n) is 8.12. The zero-order valence-corrected chi connectivity index (χ0v) is 13.2. The second-order valence-electron chi connectivity index (χ2n) is 6.02. The van der Waals surface area contributed by atoms with Gasteiger partial charge in [0.15, 0.2) is 0 Å². The molecule has 2 unspecified atom stereocenters. The molecule has 20 heavy (non-hydrogen) atoms. The highest BCUT2D eigenvalue weighted by Gasteiger charge is 2.20. The van der Waals surface area contributed by atoms with E-state index >= 15 is 0 Å². The van der Waals surface area contributed by atoms with E-state index < -0.39 is 0 Å². The molecule has 0 spiro atoms. The molecule has 0 aliphatic heterocycles. The molecular weight excluding hydrogens is 246 g/mol. The Bertz CT molecular complexity index is 383. The fourth-order valence-corrected chi connectivity index (χ4v) is 2.93. The maximum Gasteiger partial charge on any atom is 0.0741 e. The van der Waals surface area contributed by atoms with Crippen LogP contribution in [-0.4, -0.2) is 19.8 Å². The van der Waals surface area contributed by atoms with Crippen LogP contribution in [0.2, 0.25) is 0 Å². The standard InChI is InChI=1S/C18H29NO/c1-4-15-8-10-17(11-9-15)18(19-3)14(2)20-13-12-16-6-5-7-16/h8-11,14,16,18-19H,4-7,12-13H2,1-3H3. The monoisotopic (exact) mass is 275 g/mol. The number of hydrogen-bond acceptors (Lipinski definition) is 2. The molecule has 1 aliphatic carbocycles. The molecule has 0 aromatic heterocycles. The van der Waals surface area contributed by atoms with Gasteiger partial charge >= 0.3 is 0 Å². The van der Waals surface area contributed by atoms with Crippen molar-refractivity contribution in [1.29, 1.82) is 0 Å². The Morgan fingerprint density at radius 2 is 1.95 bits per heavy atom. The van der Waals surface area contributed by atoms with Crippen LogP contribution in [0.4, 0.5) is 0 Å². The summed E-state index contributed by atoms with van der Waals surface area (Å²) < 4.78 is 6.05. The van der Waals surface area contributed by atoms with Crippen molar-refractivity contribution in [2.75, 3.05) is 13.7 Å². The number of nitrogens with one attached hydrogen (secondary N) is 1. The van der Waals surface area contributed by atoms with E-state index in [1.54, 1.807) is 0 Å². The molecule has 1 N–H and O–H groups in total. The highest BCUT2D eigenvalue weighted by Crippen LogP contribution is 2.29. The van der Waals surface area contributed by atoms with Gasteiger partial charge in [-0.1, -0.05) is 50.5 Å². The molecule has 2 heteroatoms. The quantitative estimate of drug-likeness (QED) is 0.771. The molecule has 2 rings (SSSR count). The van der Waals surface area contributed by atoms with Crippen LogP contribution >= 0.6 is 0 Å². The summed E-state index contributed by atoms with van der Waals surface area (Å²) in [5, 5.41) is 3.40. The minimum atomic E-state index is 0.215. The van der Waals surface area contributed by atoms with Gasteiger partial charge in [0.25, 0.3) is 0 Å². The average molecular weight is 275 g/mol. The van der Waals surface area contributed by atoms with Crippen molar-refractivity contribution in [3.05, 3.63) is 35.4 Å². The third-order valence-corrected chi connectivity index (χ3v) is 4.66. The lowest BCUT2D eigenvalue weighted by Crippen LogP contribution is -2.30. The normalized spacial score (nSPS) is 18.6. The minimum absolute atomic E-state index is 0.215. The Morgan fingerprint density at radius 1 is 1.25 bits per heavy atom. The highest BCUT2D eigenvalue weighted by molar-refractivity contribution is 5.25. The van der Waals surface area contributed by atoms with Gasteiger partial charge < -0.3 is 10.1 Å². The molecule has 1 saturated carbocycles. The number of likely N-dealkylation sites (N-methyl/N-ethyl adjacent to an activating group) is 1. The summed E-state index contributed by atoms with van der Waals surface area (Å²) in [7, 11) is 2.02. The molecule has 2 atom stereocenters. The maximum atomic E-state index is 6.05. The molecule has 0 radical (unpaired) electrons. The Morgan fingerprint density at radius 3 is 2.45 bits per heavy atom. The molecule has 0 heterocycles. The predicted molar refractivity (Wildman–Crippen MR) is 85.0 cm³/mol. The van der Waals surface area contributed by atoms with Crippen LogP contribution < -0.4 is 5.32 Å². The van der Waals surface area contributed by atoms with Gasteiger partial charge in [-0.25, -0.2) is 0 Å². The molecule has 1 fully saturated rings. The first-order chi connectivity index (χ1) is 9.74. The van der Waals surface area contributed by atoms with Gasteiger partial charge in [0.05, 0.1) is 12.1 Å². The van der Waals surface area contributed by atoms with E-state index in [1.807, 2.05) is 7.05 Å². The SMILES string of the molecule is CCc1ccc(C(NC)C(C)OCCC2CCC2)cc1. The van der Waals surface area contributed by atoms with Crippen molar-refractivity contribution >= 4 is 0 Å². The topological polar surface area (TPSA) is 21.3 Å². The zero-order valence-electron chi connectivity index (χ0n) is 13.2. The molecular formula is C18H29NO. The van der Waals surface area contributed by atoms with Crippen molar-refractivity contribution in [2.45, 2.75) is 58.1 Å². The largest absolute Gasteiger partial charge is 0.377 e. The second-order valence-corrected chi connectivity index (χ2v) is 6.02. The fraction of sp³-hybridized carbons (Fsp3) is 0.667. The van der Waals surface area contributed by atoms with Gasteiger partial charge in [-0.2, -0.15) is 0 Å². The van der Waals surface area contributed by atoms with Gasteiger partial charge in [-0.05, 0) is 43.9 Å². The Kier molecular flexibility index (Phi) is 6.06. The van der Waals surface area contributed by atoms with Crippen LogP contribution in [0, 0.1) is 5.92 Å². The zero-order chi connectivity index (χ0) is 14.4. The lowest BCUT2D eigenvalue weighted by Gasteiger charge is -2.28. The fourth-order valence-electron chi connectivity index (χ4n) is 2.93. The lowest BCUT2D eigenvalue weighted by atomic mass is 9.83. The van der Waals surface area contributed by atoms with E-state index in [-0.39, 0.29) is 12.1 Å². The van der Waals surface area contributed by atoms with Gasteiger partial charge in [0.1, 0.15) is 0 Å². The number of benzene rings is 1.